The fourth-order valence-electron chi connectivity index (χ4n) is 3.42. The van der Waals surface area contributed by atoms with Crippen LogP contribution in [-0.4, -0.2) is 17.4 Å². The number of esters is 1. The summed E-state index contributed by atoms with van der Waals surface area (Å²) in [7, 11) is 0. The number of ketones is 1. The first kappa shape index (κ1) is 21.4. The fraction of sp³-hybridized carbons (Fsp3) is 0.636. The van der Waals surface area contributed by atoms with Gasteiger partial charge >= 0.3 is 5.97 Å². The van der Waals surface area contributed by atoms with Crippen LogP contribution in [0.5, 0.6) is 0 Å². The molecule has 140 valence electrons. The zero-order valence-corrected chi connectivity index (χ0v) is 16.2. The Labute approximate surface area is 153 Å². The minimum Gasteiger partial charge on any atom is -0.457 e. The van der Waals surface area contributed by atoms with Gasteiger partial charge in [0.1, 0.15) is 11.4 Å². The smallest absolute Gasteiger partial charge is 0.331 e. The zero-order chi connectivity index (χ0) is 18.9. The summed E-state index contributed by atoms with van der Waals surface area (Å²) in [4.78, 5) is 22.6. The van der Waals surface area contributed by atoms with Crippen LogP contribution in [0.3, 0.4) is 0 Å². The predicted molar refractivity (Wildman–Crippen MR) is 103 cm³/mol. The number of carbonyl (C=O) groups is 2. The van der Waals surface area contributed by atoms with Crippen molar-refractivity contribution in [3.63, 3.8) is 0 Å². The highest BCUT2D eigenvalue weighted by Crippen LogP contribution is 2.33. The van der Waals surface area contributed by atoms with Gasteiger partial charge in [0.05, 0.1) is 0 Å². The van der Waals surface area contributed by atoms with Crippen molar-refractivity contribution in [2.75, 3.05) is 0 Å². The molecule has 2 atom stereocenters. The Kier molecular flexibility index (Phi) is 8.88. The standard InChI is InChI=1S/C14H22O2.C8H12O/c1-5-7-11-8-6-9-12(11)10-13(15)16-14(2,3)4;1-2-4-7-5-3-6-8(7)9/h5,10-11H,1,6-9H2,2-4H3;2,7H,1,3-6H2. The first-order valence-corrected chi connectivity index (χ1v) is 9.44. The molecule has 0 aromatic heterocycles. The Morgan fingerprint density at radius 1 is 1.08 bits per heavy atom. The van der Waals surface area contributed by atoms with Crippen LogP contribution < -0.4 is 0 Å². The van der Waals surface area contributed by atoms with Gasteiger partial charge in [0.15, 0.2) is 0 Å². The molecular formula is C22H34O3. The van der Waals surface area contributed by atoms with Gasteiger partial charge in [-0.05, 0) is 71.6 Å². The molecule has 0 spiro atoms. The summed E-state index contributed by atoms with van der Waals surface area (Å²) in [5.41, 5.74) is 0.829. The normalized spacial score (nSPS) is 24.6. The Balaban J connectivity index is 0.000000293. The maximum atomic E-state index is 11.6. The average molecular weight is 347 g/mol. The first-order chi connectivity index (χ1) is 11.8. The lowest BCUT2D eigenvalue weighted by Crippen LogP contribution is -2.23. The van der Waals surface area contributed by atoms with Crippen LogP contribution in [0.4, 0.5) is 0 Å². The average Bonchev–Trinajstić information content (AvgIpc) is 3.09. The molecule has 0 saturated heterocycles. The highest BCUT2D eigenvalue weighted by atomic mass is 16.6. The first-order valence-electron chi connectivity index (χ1n) is 9.44. The fourth-order valence-corrected chi connectivity index (χ4v) is 3.42. The number of hydrogen-bond donors (Lipinski definition) is 0. The Bertz CT molecular complexity index is 508. The van der Waals surface area contributed by atoms with E-state index in [1.165, 1.54) is 18.4 Å². The number of ether oxygens (including phenoxy) is 1. The van der Waals surface area contributed by atoms with Crippen molar-refractivity contribution in [3.05, 3.63) is 37.0 Å². The molecule has 2 saturated carbocycles. The third-order valence-electron chi connectivity index (χ3n) is 4.59. The second kappa shape index (κ2) is 10.4. The summed E-state index contributed by atoms with van der Waals surface area (Å²) in [6, 6.07) is 0. The largest absolute Gasteiger partial charge is 0.457 e. The van der Waals surface area contributed by atoms with Crippen molar-refractivity contribution in [1.29, 1.82) is 0 Å². The van der Waals surface area contributed by atoms with Crippen LogP contribution in [-0.2, 0) is 14.3 Å². The van der Waals surface area contributed by atoms with E-state index in [1.807, 2.05) is 32.9 Å². The van der Waals surface area contributed by atoms with Crippen LogP contribution in [0, 0.1) is 11.8 Å². The number of rotatable bonds is 5. The molecule has 2 aliphatic rings. The molecule has 0 radical (unpaired) electrons. The van der Waals surface area contributed by atoms with Crippen molar-refractivity contribution in [3.8, 4) is 0 Å². The molecule has 2 unspecified atom stereocenters. The second-order valence-electron chi connectivity index (χ2n) is 7.95. The zero-order valence-electron chi connectivity index (χ0n) is 16.2. The van der Waals surface area contributed by atoms with E-state index in [9.17, 15) is 9.59 Å². The van der Waals surface area contributed by atoms with Gasteiger partial charge in [-0.15, -0.1) is 13.2 Å². The summed E-state index contributed by atoms with van der Waals surface area (Å²) in [6.45, 7) is 13.0. The number of allylic oxidation sites excluding steroid dienone is 3. The van der Waals surface area contributed by atoms with Crippen molar-refractivity contribution >= 4 is 11.8 Å². The molecule has 3 heteroatoms. The van der Waals surface area contributed by atoms with Crippen LogP contribution in [0.1, 0.15) is 72.1 Å². The monoisotopic (exact) mass is 346 g/mol. The van der Waals surface area contributed by atoms with E-state index in [1.54, 1.807) is 6.08 Å². The quantitative estimate of drug-likeness (QED) is 0.372. The van der Waals surface area contributed by atoms with Gasteiger partial charge in [0, 0.05) is 18.4 Å². The minimum absolute atomic E-state index is 0.210. The van der Waals surface area contributed by atoms with Gasteiger partial charge in [0.2, 0.25) is 0 Å². The van der Waals surface area contributed by atoms with Gasteiger partial charge in [-0.1, -0.05) is 17.7 Å². The Morgan fingerprint density at radius 2 is 1.64 bits per heavy atom. The van der Waals surface area contributed by atoms with E-state index in [2.05, 4.69) is 13.2 Å². The molecule has 2 fully saturated rings. The lowest BCUT2D eigenvalue weighted by atomic mass is 9.99. The van der Waals surface area contributed by atoms with Gasteiger partial charge < -0.3 is 4.74 Å². The number of carbonyl (C=O) groups excluding carboxylic acids is 2. The maximum Gasteiger partial charge on any atom is 0.331 e. The van der Waals surface area contributed by atoms with E-state index < -0.39 is 5.60 Å². The molecule has 0 heterocycles. The lowest BCUT2D eigenvalue weighted by molar-refractivity contribution is -0.148. The Morgan fingerprint density at radius 3 is 2.16 bits per heavy atom. The van der Waals surface area contributed by atoms with Crippen molar-refractivity contribution in [2.45, 2.75) is 77.7 Å². The molecule has 0 bridgehead atoms. The molecule has 2 rings (SSSR count). The summed E-state index contributed by atoms with van der Waals surface area (Å²) < 4.78 is 5.28. The molecule has 0 aromatic carbocycles. The minimum atomic E-state index is -0.402. The molecule has 3 nitrogen and oxygen atoms in total. The van der Waals surface area contributed by atoms with E-state index in [0.29, 0.717) is 17.6 Å². The molecule has 0 amide bonds. The predicted octanol–water partition coefficient (Wildman–Crippen LogP) is 5.56. The van der Waals surface area contributed by atoms with Crippen molar-refractivity contribution < 1.29 is 14.3 Å². The van der Waals surface area contributed by atoms with E-state index in [-0.39, 0.29) is 5.97 Å². The second-order valence-corrected chi connectivity index (χ2v) is 7.95. The number of Topliss-reactive ketones (excluding diaryl/α,β-unsaturated/α-hetero) is 1. The van der Waals surface area contributed by atoms with Crippen LogP contribution in [0.15, 0.2) is 37.0 Å². The van der Waals surface area contributed by atoms with E-state index in [0.717, 1.165) is 38.5 Å². The highest BCUT2D eigenvalue weighted by molar-refractivity contribution is 5.83. The highest BCUT2D eigenvalue weighted by Gasteiger charge is 2.23. The van der Waals surface area contributed by atoms with Crippen molar-refractivity contribution in [2.24, 2.45) is 11.8 Å². The molecule has 25 heavy (non-hydrogen) atoms. The molecule has 0 aliphatic heterocycles. The van der Waals surface area contributed by atoms with Crippen LogP contribution in [0.2, 0.25) is 0 Å². The number of hydrogen-bond acceptors (Lipinski definition) is 3. The summed E-state index contributed by atoms with van der Waals surface area (Å²) in [5.74, 6) is 1.06. The van der Waals surface area contributed by atoms with Crippen LogP contribution >= 0.6 is 0 Å². The van der Waals surface area contributed by atoms with Gasteiger partial charge in [-0.3, -0.25) is 4.79 Å². The van der Waals surface area contributed by atoms with E-state index >= 15 is 0 Å². The van der Waals surface area contributed by atoms with Gasteiger partial charge in [-0.25, -0.2) is 4.79 Å². The maximum absolute atomic E-state index is 11.6. The SMILES string of the molecule is C=CCC1CCCC1=CC(=O)OC(C)(C)C.C=CCC1CCCC1=O. The van der Waals surface area contributed by atoms with Crippen LogP contribution in [0.25, 0.3) is 0 Å². The van der Waals surface area contributed by atoms with Crippen molar-refractivity contribution in [1.82, 2.24) is 0 Å². The molecular weight excluding hydrogens is 312 g/mol. The van der Waals surface area contributed by atoms with Gasteiger partial charge in [-0.2, -0.15) is 0 Å². The third kappa shape index (κ3) is 8.33. The van der Waals surface area contributed by atoms with E-state index in [4.69, 9.17) is 4.74 Å². The summed E-state index contributed by atoms with van der Waals surface area (Å²) in [5, 5.41) is 0. The molecule has 0 aromatic rings. The third-order valence-corrected chi connectivity index (χ3v) is 4.59. The molecule has 2 aliphatic carbocycles. The lowest BCUT2D eigenvalue weighted by Gasteiger charge is -2.19. The Hall–Kier alpha value is -1.64. The summed E-state index contributed by atoms with van der Waals surface area (Å²) in [6.07, 6.45) is 13.7. The summed E-state index contributed by atoms with van der Waals surface area (Å²) >= 11 is 0. The van der Waals surface area contributed by atoms with Gasteiger partial charge in [0.25, 0.3) is 0 Å². The molecule has 0 N–H and O–H groups in total. The topological polar surface area (TPSA) is 43.4 Å².